The molecule has 4 aromatic rings. The van der Waals surface area contributed by atoms with Crippen LogP contribution in [-0.4, -0.2) is 89.4 Å². The Bertz CT molecular complexity index is 2130. The number of aromatic carboxylic acids is 1. The monoisotopic (exact) mass is 786 g/mol. The van der Waals surface area contributed by atoms with E-state index in [0.717, 1.165) is 92.7 Å². The molecule has 5 aliphatic rings. The standard InChI is InChI=1S/C26H33F2N3O3.C19H23NO3/c1-30-22-4-2-17(16-7-10-34-11-8-16)12-20(22)21-13-18(3-5-23(21)30)26(33)31-9-6-19(15-31)25(32)29-14-24(27)28;1-20-17-4-2-13(12-6-8-23-9-7-12)10-15(17)16-11-14(19(21)22)3-5-18(16)20/h3,5,13,16-17,19,24H,2,4,6-12,14-15H2,1H3,(H,29,32);3,5,11-13H,2,4,6-10H2,1H3,(H,21,22)/t17-,19+;13-/m11/s1. The number of carboxylic acids is 1. The summed E-state index contributed by atoms with van der Waals surface area (Å²) in [4.78, 5) is 38.4. The van der Waals surface area contributed by atoms with Crippen LogP contribution in [0.15, 0.2) is 36.4 Å². The number of ether oxygens (including phenoxy) is 2. The number of carboxylic acid groups (broad SMARTS) is 1. The first-order valence-electron chi connectivity index (χ1n) is 21.0. The van der Waals surface area contributed by atoms with E-state index in [1.807, 2.05) is 30.3 Å². The minimum atomic E-state index is -2.57. The van der Waals surface area contributed by atoms with Crippen molar-refractivity contribution in [2.45, 2.75) is 77.1 Å². The number of aryl methyl sites for hydroxylation is 2. The van der Waals surface area contributed by atoms with Crippen LogP contribution in [0.25, 0.3) is 21.8 Å². The molecule has 57 heavy (non-hydrogen) atoms. The first-order chi connectivity index (χ1) is 27.6. The van der Waals surface area contributed by atoms with Crippen LogP contribution in [-0.2, 0) is 54.0 Å². The van der Waals surface area contributed by atoms with Gasteiger partial charge in [-0.1, -0.05) is 0 Å². The number of hydrogen-bond acceptors (Lipinski definition) is 5. The van der Waals surface area contributed by atoms with Crippen LogP contribution in [0.4, 0.5) is 8.78 Å². The summed E-state index contributed by atoms with van der Waals surface area (Å²) in [5.74, 6) is 1.06. The van der Waals surface area contributed by atoms with Crippen LogP contribution in [0.3, 0.4) is 0 Å². The highest BCUT2D eigenvalue weighted by Crippen LogP contribution is 2.41. The number of benzene rings is 2. The molecule has 3 aliphatic heterocycles. The lowest BCUT2D eigenvalue weighted by Gasteiger charge is -2.33. The predicted molar refractivity (Wildman–Crippen MR) is 214 cm³/mol. The molecule has 0 spiro atoms. The van der Waals surface area contributed by atoms with E-state index >= 15 is 0 Å². The summed E-state index contributed by atoms with van der Waals surface area (Å²) in [6, 6.07) is 11.5. The number of nitrogens with one attached hydrogen (secondary N) is 1. The number of hydrogen-bond donors (Lipinski definition) is 2. The molecule has 0 radical (unpaired) electrons. The van der Waals surface area contributed by atoms with Crippen LogP contribution >= 0.6 is 0 Å². The molecule has 2 aromatic heterocycles. The van der Waals surface area contributed by atoms with E-state index in [4.69, 9.17) is 9.47 Å². The maximum absolute atomic E-state index is 13.3. The molecule has 0 unspecified atom stereocenters. The number of nitrogens with zero attached hydrogens (tertiary/aromatic N) is 3. The van der Waals surface area contributed by atoms with Gasteiger partial charge < -0.3 is 33.9 Å². The number of alkyl halides is 2. The van der Waals surface area contributed by atoms with Gasteiger partial charge in [-0.25, -0.2) is 13.6 Å². The Kier molecular flexibility index (Phi) is 11.7. The van der Waals surface area contributed by atoms with Crippen LogP contribution < -0.4 is 5.32 Å². The van der Waals surface area contributed by atoms with E-state index in [1.54, 1.807) is 11.0 Å². The van der Waals surface area contributed by atoms with E-state index in [9.17, 15) is 28.3 Å². The van der Waals surface area contributed by atoms with Gasteiger partial charge in [0.05, 0.1) is 18.0 Å². The number of carbonyl (C=O) groups excluding carboxylic acids is 2. The molecule has 12 heteroatoms. The highest BCUT2D eigenvalue weighted by molar-refractivity contribution is 6.00. The molecule has 2 aromatic carbocycles. The van der Waals surface area contributed by atoms with Crippen molar-refractivity contribution in [1.29, 1.82) is 0 Å². The Balaban J connectivity index is 0.000000172. The molecule has 3 saturated heterocycles. The zero-order valence-electron chi connectivity index (χ0n) is 33.2. The van der Waals surface area contributed by atoms with Gasteiger partial charge in [0.2, 0.25) is 5.91 Å². The number of aromatic nitrogens is 2. The van der Waals surface area contributed by atoms with Gasteiger partial charge in [0, 0.05) is 92.4 Å². The molecule has 306 valence electrons. The number of carbonyl (C=O) groups is 3. The van der Waals surface area contributed by atoms with Gasteiger partial charge in [-0.2, -0.15) is 0 Å². The maximum atomic E-state index is 13.3. The largest absolute Gasteiger partial charge is 0.478 e. The fraction of sp³-hybridized carbons (Fsp3) is 0.578. The summed E-state index contributed by atoms with van der Waals surface area (Å²) in [6.45, 7) is 3.60. The molecule has 0 saturated carbocycles. The van der Waals surface area contributed by atoms with E-state index in [2.05, 4.69) is 28.5 Å². The van der Waals surface area contributed by atoms with Gasteiger partial charge in [-0.05, 0) is 142 Å². The molecular weight excluding hydrogens is 731 g/mol. The third-order valence-electron chi connectivity index (χ3n) is 13.9. The third kappa shape index (κ3) is 8.09. The predicted octanol–water partition coefficient (Wildman–Crippen LogP) is 6.96. The SMILES string of the molecule is Cn1c2c(c3cc(C(=O)N4CC[C@H](C(=O)NCC(F)F)C4)ccc31)C[C@H](C1CCOCC1)CC2.Cn1c2c(c3cc(C(=O)O)ccc31)C[C@H](C1CCOCC1)CC2. The fourth-order valence-electron chi connectivity index (χ4n) is 10.7. The second kappa shape index (κ2) is 16.9. The maximum Gasteiger partial charge on any atom is 0.335 e. The van der Waals surface area contributed by atoms with E-state index in [1.165, 1.54) is 48.2 Å². The van der Waals surface area contributed by atoms with E-state index in [-0.39, 0.29) is 12.5 Å². The van der Waals surface area contributed by atoms with Crippen molar-refractivity contribution in [2.24, 2.45) is 43.7 Å². The lowest BCUT2D eigenvalue weighted by Crippen LogP contribution is -2.36. The third-order valence-corrected chi connectivity index (χ3v) is 13.9. The van der Waals surface area contributed by atoms with Gasteiger partial charge in [0.15, 0.2) is 0 Å². The van der Waals surface area contributed by atoms with Crippen LogP contribution in [0.2, 0.25) is 0 Å². The molecule has 5 heterocycles. The fourth-order valence-corrected chi connectivity index (χ4v) is 10.7. The molecular formula is C45H56F2N4O6. The van der Waals surface area contributed by atoms with Crippen molar-refractivity contribution in [3.63, 3.8) is 0 Å². The lowest BCUT2D eigenvalue weighted by molar-refractivity contribution is -0.125. The normalized spacial score (nSPS) is 23.0. The number of likely N-dealkylation sites (tertiary alicyclic amines) is 1. The average Bonchev–Trinajstić information content (AvgIpc) is 3.93. The van der Waals surface area contributed by atoms with Crippen LogP contribution in [0.5, 0.6) is 0 Å². The van der Waals surface area contributed by atoms with Crippen molar-refractivity contribution in [2.75, 3.05) is 46.1 Å². The van der Waals surface area contributed by atoms with Crippen molar-refractivity contribution in [3.05, 3.63) is 70.0 Å². The Morgan fingerprint density at radius 2 is 1.25 bits per heavy atom. The lowest BCUT2D eigenvalue weighted by atomic mass is 9.75. The highest BCUT2D eigenvalue weighted by atomic mass is 19.3. The Hall–Kier alpha value is -4.29. The summed E-state index contributed by atoms with van der Waals surface area (Å²) >= 11 is 0. The van der Waals surface area contributed by atoms with Gasteiger partial charge in [0.25, 0.3) is 12.3 Å². The highest BCUT2D eigenvalue weighted by Gasteiger charge is 2.34. The number of amides is 2. The molecule has 2 N–H and O–H groups in total. The second-order valence-electron chi connectivity index (χ2n) is 17.0. The number of fused-ring (bicyclic) bond motifs is 6. The minimum Gasteiger partial charge on any atom is -0.478 e. The van der Waals surface area contributed by atoms with Crippen molar-refractivity contribution >= 4 is 39.6 Å². The van der Waals surface area contributed by atoms with Crippen LogP contribution in [0.1, 0.15) is 88.2 Å². The molecule has 2 aliphatic carbocycles. The van der Waals surface area contributed by atoms with Crippen molar-refractivity contribution < 1.29 is 37.7 Å². The molecule has 3 fully saturated rings. The Morgan fingerprint density at radius 1 is 0.737 bits per heavy atom. The topological polar surface area (TPSA) is 115 Å². The number of halogens is 2. The second-order valence-corrected chi connectivity index (χ2v) is 17.0. The molecule has 10 nitrogen and oxygen atoms in total. The smallest absolute Gasteiger partial charge is 0.335 e. The Morgan fingerprint density at radius 3 is 1.75 bits per heavy atom. The van der Waals surface area contributed by atoms with Gasteiger partial charge in [-0.3, -0.25) is 9.59 Å². The summed E-state index contributed by atoms with van der Waals surface area (Å²) in [5, 5.41) is 13.9. The zero-order chi connectivity index (χ0) is 39.8. The van der Waals surface area contributed by atoms with Crippen molar-refractivity contribution in [1.82, 2.24) is 19.4 Å². The van der Waals surface area contributed by atoms with Gasteiger partial charge in [0.1, 0.15) is 0 Å². The Labute approximate surface area is 332 Å². The van der Waals surface area contributed by atoms with Gasteiger partial charge >= 0.3 is 5.97 Å². The zero-order valence-corrected chi connectivity index (χ0v) is 33.2. The number of rotatable bonds is 7. The van der Waals surface area contributed by atoms with Gasteiger partial charge in [-0.15, -0.1) is 0 Å². The van der Waals surface area contributed by atoms with Crippen molar-refractivity contribution in [3.8, 4) is 0 Å². The van der Waals surface area contributed by atoms with E-state index < -0.39 is 30.8 Å². The van der Waals surface area contributed by atoms with E-state index in [0.29, 0.717) is 41.8 Å². The molecule has 3 atom stereocenters. The quantitative estimate of drug-likeness (QED) is 0.210. The summed E-state index contributed by atoms with van der Waals surface area (Å²) < 4.78 is 40.4. The summed E-state index contributed by atoms with van der Waals surface area (Å²) in [5.41, 5.74) is 8.86. The summed E-state index contributed by atoms with van der Waals surface area (Å²) in [6.07, 6.45) is 9.28. The summed E-state index contributed by atoms with van der Waals surface area (Å²) in [7, 11) is 4.22. The first kappa shape index (κ1) is 39.5. The van der Waals surface area contributed by atoms with Crippen LogP contribution in [0, 0.1) is 29.6 Å². The first-order valence-corrected chi connectivity index (χ1v) is 21.0. The average molecular weight is 787 g/mol. The molecule has 0 bridgehead atoms. The minimum absolute atomic E-state index is 0.0968. The molecule has 2 amide bonds. The molecule has 9 rings (SSSR count).